The molecule has 1 rings (SSSR count). The SMILES string of the molecule is CCCC(=O)NCC(=O)c1ccc(Cl)s1. The number of nitrogens with one attached hydrogen (secondary N) is 1. The van der Waals surface area contributed by atoms with E-state index in [9.17, 15) is 9.59 Å². The lowest BCUT2D eigenvalue weighted by Crippen LogP contribution is -2.28. The standard InChI is InChI=1S/C10H12ClNO2S/c1-2-3-10(14)12-6-7(13)8-4-5-9(11)15-8/h4-5H,2-3,6H2,1H3,(H,12,14). The summed E-state index contributed by atoms with van der Waals surface area (Å²) >= 11 is 6.92. The maximum absolute atomic E-state index is 11.5. The van der Waals surface area contributed by atoms with Gasteiger partial charge in [-0.25, -0.2) is 0 Å². The van der Waals surface area contributed by atoms with Crippen LogP contribution in [0.2, 0.25) is 4.34 Å². The molecule has 82 valence electrons. The Morgan fingerprint density at radius 2 is 2.20 bits per heavy atom. The molecule has 0 atom stereocenters. The Hall–Kier alpha value is -0.870. The monoisotopic (exact) mass is 245 g/mol. The highest BCUT2D eigenvalue weighted by molar-refractivity contribution is 7.18. The minimum Gasteiger partial charge on any atom is -0.349 e. The summed E-state index contributed by atoms with van der Waals surface area (Å²) in [4.78, 5) is 23.2. The highest BCUT2D eigenvalue weighted by atomic mass is 35.5. The summed E-state index contributed by atoms with van der Waals surface area (Å²) < 4.78 is 0.582. The van der Waals surface area contributed by atoms with E-state index in [0.29, 0.717) is 15.6 Å². The molecule has 0 fully saturated rings. The van der Waals surface area contributed by atoms with Crippen LogP contribution in [0, 0.1) is 0 Å². The maximum Gasteiger partial charge on any atom is 0.220 e. The molecule has 0 aromatic carbocycles. The van der Waals surface area contributed by atoms with Crippen molar-refractivity contribution in [2.24, 2.45) is 0 Å². The number of hydrogen-bond donors (Lipinski definition) is 1. The molecule has 1 aromatic rings. The molecule has 0 saturated heterocycles. The van der Waals surface area contributed by atoms with Crippen LogP contribution in [0.3, 0.4) is 0 Å². The molecule has 0 spiro atoms. The zero-order chi connectivity index (χ0) is 11.3. The van der Waals surface area contributed by atoms with Crippen LogP contribution in [0.4, 0.5) is 0 Å². The van der Waals surface area contributed by atoms with Crippen LogP contribution in [-0.4, -0.2) is 18.2 Å². The molecular formula is C10H12ClNO2S. The minimum atomic E-state index is -0.101. The van der Waals surface area contributed by atoms with Gasteiger partial charge < -0.3 is 5.32 Å². The van der Waals surface area contributed by atoms with Gasteiger partial charge in [0, 0.05) is 6.42 Å². The van der Waals surface area contributed by atoms with Gasteiger partial charge in [-0.1, -0.05) is 18.5 Å². The fourth-order valence-electron chi connectivity index (χ4n) is 1.05. The molecule has 5 heteroatoms. The maximum atomic E-state index is 11.5. The number of carbonyl (C=O) groups excluding carboxylic acids is 2. The number of rotatable bonds is 5. The lowest BCUT2D eigenvalue weighted by molar-refractivity contribution is -0.120. The summed E-state index contributed by atoms with van der Waals surface area (Å²) in [5.74, 6) is -0.190. The van der Waals surface area contributed by atoms with Crippen molar-refractivity contribution in [3.63, 3.8) is 0 Å². The smallest absolute Gasteiger partial charge is 0.220 e. The van der Waals surface area contributed by atoms with E-state index in [0.717, 1.165) is 6.42 Å². The Bertz CT molecular complexity index is 362. The van der Waals surface area contributed by atoms with Crippen LogP contribution in [0.5, 0.6) is 0 Å². The average molecular weight is 246 g/mol. The third-order valence-corrected chi connectivity index (χ3v) is 3.04. The fraction of sp³-hybridized carbons (Fsp3) is 0.400. The Morgan fingerprint density at radius 1 is 1.47 bits per heavy atom. The number of hydrogen-bond acceptors (Lipinski definition) is 3. The van der Waals surface area contributed by atoms with Crippen molar-refractivity contribution in [2.75, 3.05) is 6.54 Å². The van der Waals surface area contributed by atoms with Crippen molar-refractivity contribution in [3.8, 4) is 0 Å². The van der Waals surface area contributed by atoms with Crippen molar-refractivity contribution in [3.05, 3.63) is 21.3 Å². The first-order valence-corrected chi connectivity index (χ1v) is 5.88. The highest BCUT2D eigenvalue weighted by Crippen LogP contribution is 2.21. The minimum absolute atomic E-state index is 0.0513. The second kappa shape index (κ2) is 5.88. The normalized spacial score (nSPS) is 10.0. The van der Waals surface area contributed by atoms with E-state index in [-0.39, 0.29) is 18.2 Å². The number of halogens is 1. The number of amides is 1. The van der Waals surface area contributed by atoms with Crippen molar-refractivity contribution in [2.45, 2.75) is 19.8 Å². The lowest BCUT2D eigenvalue weighted by atomic mass is 10.3. The first-order chi connectivity index (χ1) is 7.13. The Balaban J connectivity index is 2.40. The molecule has 0 aliphatic heterocycles. The van der Waals surface area contributed by atoms with Crippen LogP contribution in [-0.2, 0) is 4.79 Å². The van der Waals surface area contributed by atoms with Crippen LogP contribution in [0.1, 0.15) is 29.4 Å². The number of carbonyl (C=O) groups is 2. The molecule has 15 heavy (non-hydrogen) atoms. The number of Topliss-reactive ketones (excluding diaryl/α,β-unsaturated/α-hetero) is 1. The van der Waals surface area contributed by atoms with Crippen molar-refractivity contribution >= 4 is 34.6 Å². The Morgan fingerprint density at radius 3 is 2.73 bits per heavy atom. The van der Waals surface area contributed by atoms with Gasteiger partial charge in [0.1, 0.15) is 0 Å². The number of thiophene rings is 1. The first kappa shape index (κ1) is 12.2. The topological polar surface area (TPSA) is 46.2 Å². The molecule has 0 radical (unpaired) electrons. The highest BCUT2D eigenvalue weighted by Gasteiger charge is 2.09. The van der Waals surface area contributed by atoms with Gasteiger partial charge >= 0.3 is 0 Å². The van der Waals surface area contributed by atoms with Gasteiger partial charge in [0.25, 0.3) is 0 Å². The van der Waals surface area contributed by atoms with Crippen molar-refractivity contribution < 1.29 is 9.59 Å². The molecule has 1 amide bonds. The second-order valence-electron chi connectivity index (χ2n) is 3.05. The summed E-state index contributed by atoms with van der Waals surface area (Å²) in [5, 5.41) is 2.57. The van der Waals surface area contributed by atoms with E-state index in [1.54, 1.807) is 12.1 Å². The molecule has 0 aliphatic carbocycles. The molecule has 0 bridgehead atoms. The van der Waals surface area contributed by atoms with E-state index >= 15 is 0 Å². The van der Waals surface area contributed by atoms with E-state index in [1.165, 1.54) is 11.3 Å². The molecule has 3 nitrogen and oxygen atoms in total. The summed E-state index contributed by atoms with van der Waals surface area (Å²) in [6, 6.07) is 3.34. The van der Waals surface area contributed by atoms with Gasteiger partial charge in [0.05, 0.1) is 15.8 Å². The molecule has 1 aromatic heterocycles. The fourth-order valence-corrected chi connectivity index (χ4v) is 2.03. The summed E-state index contributed by atoms with van der Waals surface area (Å²) in [6.45, 7) is 1.97. The predicted molar refractivity (Wildman–Crippen MR) is 61.6 cm³/mol. The lowest BCUT2D eigenvalue weighted by Gasteiger charge is -2.01. The number of ketones is 1. The first-order valence-electron chi connectivity index (χ1n) is 4.68. The second-order valence-corrected chi connectivity index (χ2v) is 4.77. The summed E-state index contributed by atoms with van der Waals surface area (Å²) in [6.07, 6.45) is 1.24. The molecule has 1 heterocycles. The zero-order valence-corrected chi connectivity index (χ0v) is 9.95. The van der Waals surface area contributed by atoms with Gasteiger partial charge in [-0.3, -0.25) is 9.59 Å². The average Bonchev–Trinajstić information content (AvgIpc) is 2.62. The van der Waals surface area contributed by atoms with E-state index in [1.807, 2.05) is 6.92 Å². The zero-order valence-electron chi connectivity index (χ0n) is 8.38. The third-order valence-electron chi connectivity index (χ3n) is 1.77. The predicted octanol–water partition coefficient (Wildman–Crippen LogP) is 2.50. The molecule has 0 aliphatic rings. The molecular weight excluding hydrogens is 234 g/mol. The van der Waals surface area contributed by atoms with E-state index in [2.05, 4.69) is 5.32 Å². The largest absolute Gasteiger partial charge is 0.349 e. The van der Waals surface area contributed by atoms with Crippen molar-refractivity contribution in [1.29, 1.82) is 0 Å². The van der Waals surface area contributed by atoms with Crippen LogP contribution in [0.25, 0.3) is 0 Å². The Kier molecular flexibility index (Phi) is 4.78. The van der Waals surface area contributed by atoms with Crippen LogP contribution >= 0.6 is 22.9 Å². The third kappa shape index (κ3) is 4.01. The Labute approximate surface area is 97.4 Å². The van der Waals surface area contributed by atoms with Crippen LogP contribution in [0.15, 0.2) is 12.1 Å². The molecule has 1 N–H and O–H groups in total. The van der Waals surface area contributed by atoms with E-state index < -0.39 is 0 Å². The summed E-state index contributed by atoms with van der Waals surface area (Å²) in [5.41, 5.74) is 0. The summed E-state index contributed by atoms with van der Waals surface area (Å²) in [7, 11) is 0. The van der Waals surface area contributed by atoms with Gasteiger partial charge in [-0.15, -0.1) is 11.3 Å². The molecule has 0 unspecified atom stereocenters. The van der Waals surface area contributed by atoms with Gasteiger partial charge in [-0.2, -0.15) is 0 Å². The van der Waals surface area contributed by atoms with E-state index in [4.69, 9.17) is 11.6 Å². The van der Waals surface area contributed by atoms with Gasteiger partial charge in [0.15, 0.2) is 5.78 Å². The van der Waals surface area contributed by atoms with Crippen molar-refractivity contribution in [1.82, 2.24) is 5.32 Å². The van der Waals surface area contributed by atoms with Crippen LogP contribution < -0.4 is 5.32 Å². The molecule has 0 saturated carbocycles. The van der Waals surface area contributed by atoms with Gasteiger partial charge in [0.2, 0.25) is 5.91 Å². The quantitative estimate of drug-likeness (QED) is 0.811. The van der Waals surface area contributed by atoms with Gasteiger partial charge in [-0.05, 0) is 18.6 Å².